The number of Topliss-reactive ketones (excluding diaryl/α,β-unsaturated/α-hetero) is 2. The van der Waals surface area contributed by atoms with Crippen LogP contribution in [0.4, 0.5) is 0 Å². The molecule has 3 aliphatic heterocycles. The highest BCUT2D eigenvalue weighted by Gasteiger charge is 2.77. The van der Waals surface area contributed by atoms with Crippen LogP contribution in [0.2, 0.25) is 0 Å². The zero-order valence-electron chi connectivity index (χ0n) is 22.6. The Morgan fingerprint density at radius 3 is 2.03 bits per heavy atom. The lowest BCUT2D eigenvalue weighted by molar-refractivity contribution is -0.146. The molecule has 2 atom stereocenters. The molecule has 36 heavy (non-hydrogen) atoms. The predicted molar refractivity (Wildman–Crippen MR) is 139 cm³/mol. The lowest BCUT2D eigenvalue weighted by atomic mass is 10.0. The molecule has 2 fully saturated rings. The summed E-state index contributed by atoms with van der Waals surface area (Å²) in [5, 5.41) is 0. The zero-order valence-corrected chi connectivity index (χ0v) is 22.6. The zero-order chi connectivity index (χ0) is 26.6. The topological polar surface area (TPSA) is 85.5 Å². The Kier molecular flexibility index (Phi) is 8.72. The minimum absolute atomic E-state index is 0.169. The number of carbonyl (C=O) groups is 3. The largest absolute Gasteiger partial charge is 0.449 e. The van der Waals surface area contributed by atoms with Crippen molar-refractivity contribution < 1.29 is 28.6 Å². The van der Waals surface area contributed by atoms with E-state index in [0.29, 0.717) is 5.76 Å². The van der Waals surface area contributed by atoms with Crippen LogP contribution in [0.1, 0.15) is 87.0 Å². The fourth-order valence-electron chi connectivity index (χ4n) is 4.22. The number of hydrogen-bond donors (Lipinski definition) is 0. The Hall–Kier alpha value is -2.99. The van der Waals surface area contributed by atoms with Gasteiger partial charge in [-0.1, -0.05) is 41.0 Å². The molecule has 194 valence electrons. The van der Waals surface area contributed by atoms with Gasteiger partial charge in [-0.25, -0.2) is 4.79 Å². The standard InChI is InChI=1S/C30H38O6/c1-18(2)12-10-14-20(4)16-11-15-19(3)13-8-9-17-21(5)27-30(35-27)28(36-30)22(6)24(31)25(32)26-23(7)29(33)34-26/h12-13,16-17,27H,8-11,14-15H2,1-7H3/b19-13+,20-16+,21-17+,28-22-. The van der Waals surface area contributed by atoms with Crippen LogP contribution in [-0.4, -0.2) is 29.4 Å². The summed E-state index contributed by atoms with van der Waals surface area (Å²) in [5.74, 6) is -2.84. The van der Waals surface area contributed by atoms with E-state index >= 15 is 0 Å². The summed E-state index contributed by atoms with van der Waals surface area (Å²) in [4.78, 5) is 35.9. The fraction of sp³-hybridized carbons (Fsp3) is 0.500. The molecule has 2 unspecified atom stereocenters. The van der Waals surface area contributed by atoms with Gasteiger partial charge in [0.1, 0.15) is 0 Å². The number of allylic oxidation sites excluding steroid dienone is 9. The van der Waals surface area contributed by atoms with E-state index in [9.17, 15) is 14.4 Å². The van der Waals surface area contributed by atoms with Crippen LogP contribution in [0.25, 0.3) is 0 Å². The molecule has 1 spiro atoms. The molecule has 0 aromatic heterocycles. The summed E-state index contributed by atoms with van der Waals surface area (Å²) in [5.41, 5.74) is 5.63. The van der Waals surface area contributed by atoms with E-state index in [1.807, 2.05) is 6.92 Å². The summed E-state index contributed by atoms with van der Waals surface area (Å²) < 4.78 is 16.0. The van der Waals surface area contributed by atoms with Crippen LogP contribution in [-0.2, 0) is 28.6 Å². The summed E-state index contributed by atoms with van der Waals surface area (Å²) in [6, 6.07) is 0. The second kappa shape index (κ2) is 11.4. The summed E-state index contributed by atoms with van der Waals surface area (Å²) >= 11 is 0. The van der Waals surface area contributed by atoms with E-state index < -0.39 is 23.3 Å². The number of unbranched alkanes of at least 4 members (excludes halogenated alkanes) is 1. The fourth-order valence-corrected chi connectivity index (χ4v) is 4.22. The van der Waals surface area contributed by atoms with Crippen LogP contribution >= 0.6 is 0 Å². The number of rotatable bonds is 13. The summed E-state index contributed by atoms with van der Waals surface area (Å²) in [7, 11) is 0. The van der Waals surface area contributed by atoms with Crippen LogP contribution in [0, 0.1) is 0 Å². The third-order valence-electron chi connectivity index (χ3n) is 6.71. The van der Waals surface area contributed by atoms with Gasteiger partial charge in [-0.3, -0.25) is 9.59 Å². The van der Waals surface area contributed by atoms with Crippen molar-refractivity contribution in [2.24, 2.45) is 0 Å². The lowest BCUT2D eigenvalue weighted by Gasteiger charge is -2.17. The molecule has 3 heterocycles. The molecule has 2 saturated heterocycles. The molecule has 6 nitrogen and oxygen atoms in total. The maximum atomic E-state index is 12.5. The summed E-state index contributed by atoms with van der Waals surface area (Å²) in [6.45, 7) is 13.6. The maximum absolute atomic E-state index is 12.5. The van der Waals surface area contributed by atoms with Crippen molar-refractivity contribution >= 4 is 17.5 Å². The van der Waals surface area contributed by atoms with Crippen molar-refractivity contribution in [3.05, 3.63) is 69.3 Å². The highest BCUT2D eigenvalue weighted by Crippen LogP contribution is 2.62. The van der Waals surface area contributed by atoms with Gasteiger partial charge in [0.05, 0.1) is 5.57 Å². The first-order valence-corrected chi connectivity index (χ1v) is 12.7. The third kappa shape index (κ3) is 6.41. The van der Waals surface area contributed by atoms with Gasteiger partial charge in [0, 0.05) is 5.57 Å². The Morgan fingerprint density at radius 1 is 0.861 bits per heavy atom. The van der Waals surface area contributed by atoms with E-state index in [-0.39, 0.29) is 23.0 Å². The second-order valence-corrected chi connectivity index (χ2v) is 10.2. The van der Waals surface area contributed by atoms with Gasteiger partial charge in [-0.2, -0.15) is 0 Å². The molecule has 0 aliphatic carbocycles. The number of epoxide rings is 2. The highest BCUT2D eigenvalue weighted by atomic mass is 16.9. The molecule has 0 aromatic rings. The number of esters is 1. The molecule has 3 rings (SSSR count). The molecule has 0 N–H and O–H groups in total. The molecule has 0 radical (unpaired) electrons. The number of carbonyl (C=O) groups excluding carboxylic acids is 3. The van der Waals surface area contributed by atoms with Gasteiger partial charge in [0.2, 0.25) is 5.78 Å². The quantitative estimate of drug-likeness (QED) is 0.0725. The molecule has 3 aliphatic rings. The number of hydrogen-bond acceptors (Lipinski definition) is 6. The van der Waals surface area contributed by atoms with Gasteiger partial charge in [-0.05, 0) is 92.6 Å². The maximum Gasteiger partial charge on any atom is 0.343 e. The van der Waals surface area contributed by atoms with E-state index in [1.165, 1.54) is 30.6 Å². The van der Waals surface area contributed by atoms with Gasteiger partial charge in [0.15, 0.2) is 17.6 Å². The van der Waals surface area contributed by atoms with E-state index in [1.54, 1.807) is 0 Å². The molecule has 0 bridgehead atoms. The first kappa shape index (κ1) is 27.6. The van der Waals surface area contributed by atoms with Crippen molar-refractivity contribution in [1.29, 1.82) is 0 Å². The number of ether oxygens (including phenoxy) is 3. The smallest absolute Gasteiger partial charge is 0.343 e. The van der Waals surface area contributed by atoms with Gasteiger partial charge in [0.25, 0.3) is 5.78 Å². The Bertz CT molecular complexity index is 1140. The Balaban J connectivity index is 1.42. The van der Waals surface area contributed by atoms with E-state index in [2.05, 4.69) is 52.0 Å². The van der Waals surface area contributed by atoms with Crippen LogP contribution < -0.4 is 0 Å². The monoisotopic (exact) mass is 494 g/mol. The van der Waals surface area contributed by atoms with Gasteiger partial charge >= 0.3 is 11.8 Å². The average Bonchev–Trinajstić information content (AvgIpc) is 3.75. The second-order valence-electron chi connectivity index (χ2n) is 10.2. The lowest BCUT2D eigenvalue weighted by Crippen LogP contribution is -2.30. The normalized spacial score (nSPS) is 24.7. The average molecular weight is 495 g/mol. The van der Waals surface area contributed by atoms with Gasteiger partial charge < -0.3 is 14.2 Å². The van der Waals surface area contributed by atoms with Gasteiger partial charge in [-0.15, -0.1) is 0 Å². The van der Waals surface area contributed by atoms with E-state index in [4.69, 9.17) is 14.2 Å². The van der Waals surface area contributed by atoms with Crippen molar-refractivity contribution in [3.63, 3.8) is 0 Å². The molecular weight excluding hydrogens is 456 g/mol. The Labute approximate surface area is 214 Å². The predicted octanol–water partition coefficient (Wildman–Crippen LogP) is 6.50. The first-order valence-electron chi connectivity index (χ1n) is 12.7. The van der Waals surface area contributed by atoms with Crippen molar-refractivity contribution in [2.75, 3.05) is 0 Å². The van der Waals surface area contributed by atoms with Crippen molar-refractivity contribution in [2.45, 2.75) is 98.9 Å². The van der Waals surface area contributed by atoms with Crippen LogP contribution in [0.5, 0.6) is 0 Å². The van der Waals surface area contributed by atoms with Crippen LogP contribution in [0.15, 0.2) is 69.3 Å². The van der Waals surface area contributed by atoms with E-state index in [0.717, 1.165) is 44.1 Å². The minimum atomic E-state index is -0.901. The summed E-state index contributed by atoms with van der Waals surface area (Å²) in [6.07, 6.45) is 15.1. The molecule has 6 heteroatoms. The molecular formula is C30H38O6. The molecule has 0 amide bonds. The SMILES string of the molecule is CC(C)=CCC/C(C)=C/CC/C(C)=C/CC/C=C(\C)C1OC12O/C2=C(/C)C(=O)C(=O)C1=C(C)C(=O)O1. The number of cyclic esters (lactones) is 1. The van der Waals surface area contributed by atoms with Crippen molar-refractivity contribution in [1.82, 2.24) is 0 Å². The third-order valence-corrected chi connectivity index (χ3v) is 6.71. The highest BCUT2D eigenvalue weighted by molar-refractivity contribution is 6.50. The minimum Gasteiger partial charge on any atom is -0.449 e. The number of ketones is 2. The Morgan fingerprint density at radius 2 is 1.44 bits per heavy atom. The molecule has 0 saturated carbocycles. The van der Waals surface area contributed by atoms with Crippen molar-refractivity contribution in [3.8, 4) is 0 Å². The van der Waals surface area contributed by atoms with Crippen LogP contribution in [0.3, 0.4) is 0 Å². The molecule has 0 aromatic carbocycles. The first-order chi connectivity index (χ1) is 17.0.